The Bertz CT molecular complexity index is 5990. The number of nitrogens with one attached hydrogen (secondary N) is 7. The van der Waals surface area contributed by atoms with Gasteiger partial charge in [0.1, 0.15) is 54.3 Å². The molecule has 2 atom stereocenters. The number of carboxylic acids is 2. The number of ether oxygens (including phenoxy) is 6. The van der Waals surface area contributed by atoms with E-state index in [4.69, 9.17) is 47.1 Å². The van der Waals surface area contributed by atoms with Crippen molar-refractivity contribution in [3.05, 3.63) is 299 Å². The van der Waals surface area contributed by atoms with E-state index in [1.807, 2.05) is 194 Å². The van der Waals surface area contributed by atoms with Gasteiger partial charge in [-0.05, 0) is 162 Å². The summed E-state index contributed by atoms with van der Waals surface area (Å²) in [6.45, 7) is 8.20. The maximum atomic E-state index is 12.8. The van der Waals surface area contributed by atoms with Gasteiger partial charge in [-0.15, -0.1) is 32.8 Å². The Balaban J connectivity index is 0.000000428. The number of aromatic nitrogens is 9. The van der Waals surface area contributed by atoms with Crippen LogP contribution in [0.1, 0.15) is 232 Å². The Morgan fingerprint density at radius 2 is 0.778 bits per heavy atom. The molecule has 6 saturated carbocycles. The molecule has 2 aliphatic heterocycles. The number of amidine groups is 1. The summed E-state index contributed by atoms with van der Waals surface area (Å²) in [6, 6.07) is 72.2. The molecule has 8 aliphatic rings. The summed E-state index contributed by atoms with van der Waals surface area (Å²) in [4.78, 5) is 132. The van der Waals surface area contributed by atoms with Crippen molar-refractivity contribution in [2.24, 2.45) is 22.4 Å². The number of benzene rings is 8. The zero-order chi connectivity index (χ0) is 96.5. The van der Waals surface area contributed by atoms with Crippen molar-refractivity contribution < 1.29 is 111 Å². The number of fused-ring (bicyclic) bond motifs is 2. The molecule has 0 bridgehead atoms. The molecule has 6 aliphatic carbocycles. The van der Waals surface area contributed by atoms with Crippen LogP contribution in [0, 0.1) is 5.41 Å². The van der Waals surface area contributed by atoms with Crippen LogP contribution in [0.2, 0.25) is 0 Å². The minimum absolute atomic E-state index is 0. The van der Waals surface area contributed by atoms with Gasteiger partial charge in [0.15, 0.2) is 0 Å². The van der Waals surface area contributed by atoms with E-state index in [9.17, 15) is 47.9 Å². The number of aromatic carboxylic acids is 1. The first-order chi connectivity index (χ1) is 65.1. The summed E-state index contributed by atoms with van der Waals surface area (Å²) >= 11 is 0. The Morgan fingerprint density at radius 3 is 1.14 bits per heavy atom. The molecule has 38 nitrogen and oxygen atoms in total. The number of anilines is 2. The Hall–Kier alpha value is -14.8. The number of aliphatic carboxylic acids is 1. The van der Waals surface area contributed by atoms with Crippen LogP contribution in [-0.4, -0.2) is 198 Å². The fourth-order valence-corrected chi connectivity index (χ4v) is 15.4. The SMILES string of the molecule is C.C.C.C.C.C.CCOC(=N)C(=O)OCC.CCOC(=O)/C(N)=N\NC(=O)C1(c2ccccc2)CC1.CCOC(=O)c1n[nH]c(C2(c3ccccc3)CC2)n1.CN1C(=O)[C@@H](N)COc2ccccc21.CN1C(=O)[C@@H](NC(=O)c2n[nH]c(C3(c4ccccc4)CC3)n2)COc2ccccc21.Cl.NNC(=O)C1(c2ccccc2)CC1.O=C(O)C1(c2ccccc2)CC1.O=C(O)c1n[nH]c(C2(c3ccccc3)CC2)n1.[Li+].[OH-]. The van der Waals surface area contributed by atoms with Crippen molar-refractivity contribution in [3.63, 3.8) is 0 Å². The molecule has 5 heterocycles. The number of rotatable bonds is 21. The molecule has 0 radical (unpaired) electrons. The van der Waals surface area contributed by atoms with E-state index in [0.29, 0.717) is 42.0 Å². The normalized spacial score (nSPS) is 16.2. The third-order valence-electron chi connectivity index (χ3n) is 23.9. The number of hydrazine groups is 1. The first kappa shape index (κ1) is 123. The number of hydrogen-bond acceptors (Lipinski definition) is 27. The molecule has 40 heteroatoms. The second kappa shape index (κ2) is 56.1. The van der Waals surface area contributed by atoms with E-state index in [1.54, 1.807) is 53.9 Å². The number of carbonyl (C=O) groups is 10. The third-order valence-corrected chi connectivity index (χ3v) is 23.9. The molecule has 5 amide bonds. The van der Waals surface area contributed by atoms with Gasteiger partial charge in [-0.3, -0.25) is 54.9 Å². The minimum atomic E-state index is -1.10. The van der Waals surface area contributed by atoms with Gasteiger partial charge in [0.25, 0.3) is 35.3 Å². The predicted molar refractivity (Wildman–Crippen MR) is 545 cm³/mol. The van der Waals surface area contributed by atoms with Crippen LogP contribution in [0.25, 0.3) is 0 Å². The van der Waals surface area contributed by atoms with Crippen molar-refractivity contribution in [1.29, 1.82) is 5.41 Å². The molecular formula is C104H135ClLiN19O19. The van der Waals surface area contributed by atoms with Crippen molar-refractivity contribution in [2.45, 2.75) is 194 Å². The van der Waals surface area contributed by atoms with Crippen molar-refractivity contribution >= 4 is 94.9 Å². The number of nitrogens with zero attached hydrogens (tertiary/aromatic N) is 9. The molecule has 0 unspecified atom stereocenters. The van der Waals surface area contributed by atoms with Crippen LogP contribution in [0.5, 0.6) is 11.5 Å². The molecule has 6 fully saturated rings. The van der Waals surface area contributed by atoms with Gasteiger partial charge in [0.05, 0.1) is 70.3 Å². The van der Waals surface area contributed by atoms with Crippen LogP contribution in [0.4, 0.5) is 11.4 Å². The Labute approximate surface area is 858 Å². The second-order valence-electron chi connectivity index (χ2n) is 32.6. The number of nitrogens with two attached hydrogens (primary N) is 3. The summed E-state index contributed by atoms with van der Waals surface area (Å²) in [5.74, 6) is 2.78. The fourth-order valence-electron chi connectivity index (χ4n) is 15.4. The molecule has 8 aromatic carbocycles. The molecular weight excluding hydrogens is 1860 g/mol. The Kier molecular flexibility index (Phi) is 48.1. The first-order valence-corrected chi connectivity index (χ1v) is 44.1. The number of likely N-dealkylation sites (N-methyl/N-ethyl adjacent to an activating group) is 2. The molecule has 11 aromatic rings. The van der Waals surface area contributed by atoms with Gasteiger partial charge >= 0.3 is 48.7 Å². The fraction of sp³-hybridized carbons (Fsp3) is 0.365. The quantitative estimate of drug-likeness (QED) is 0.00465. The maximum absolute atomic E-state index is 12.8. The number of aromatic amines is 3. The van der Waals surface area contributed by atoms with Crippen LogP contribution >= 0.6 is 12.4 Å². The molecule has 0 spiro atoms. The monoisotopic (exact) mass is 2000 g/mol. The van der Waals surface area contributed by atoms with Crippen molar-refractivity contribution in [1.82, 2.24) is 61.7 Å². The van der Waals surface area contributed by atoms with E-state index < -0.39 is 64.6 Å². The largest absolute Gasteiger partial charge is 1.00 e. The molecule has 144 heavy (non-hydrogen) atoms. The number of halogens is 1. The topological polar surface area (TPSA) is 578 Å². The molecule has 3 aromatic heterocycles. The Morgan fingerprint density at radius 1 is 0.451 bits per heavy atom. The molecule has 0 saturated heterocycles. The van der Waals surface area contributed by atoms with Gasteiger partial charge in [-0.1, -0.05) is 251 Å². The van der Waals surface area contributed by atoms with E-state index in [0.717, 1.165) is 116 Å². The van der Waals surface area contributed by atoms with Gasteiger partial charge < -0.3 is 70.7 Å². The number of H-pyrrole nitrogens is 3. The van der Waals surface area contributed by atoms with Gasteiger partial charge in [-0.2, -0.15) is 0 Å². The average molecular weight is 2000 g/mol. The number of hydrogen-bond donors (Lipinski definition) is 12. The molecule has 768 valence electrons. The maximum Gasteiger partial charge on any atom is 1.00 e. The number of carbonyl (C=O) groups excluding carboxylic acids is 8. The van der Waals surface area contributed by atoms with Crippen LogP contribution in [-0.2, 0) is 85.0 Å². The zero-order valence-electron chi connectivity index (χ0n) is 77.4. The average Bonchev–Trinajstić information content (AvgIpc) is 1.58. The summed E-state index contributed by atoms with van der Waals surface area (Å²) in [5.41, 5.74) is 21.7. The summed E-state index contributed by atoms with van der Waals surface area (Å²) in [7, 11) is 3.37. The van der Waals surface area contributed by atoms with E-state index in [2.05, 4.69) is 105 Å². The molecule has 19 rings (SSSR count). The van der Waals surface area contributed by atoms with Gasteiger partial charge in [-0.25, -0.2) is 45.4 Å². The predicted octanol–water partition coefficient (Wildman–Crippen LogP) is 10.9. The van der Waals surface area contributed by atoms with Gasteiger partial charge in [0.2, 0.25) is 23.5 Å². The molecule has 16 N–H and O–H groups in total. The standard InChI is InChI=1S/C22H21N5O3.C14H17N3O3.C14H15N3O2.C12H11N3O2.C10H12N2O2.C10H12N2O.C10H10O2.C6H11NO3.6CH4.ClH.Li.H2O/c1-27-16-9-5-6-10-17(16)30-13-15(20(27)29)23-19(28)18-24-21(26-25-18)22(11-12-22)14-7-3-2-4-8-14;1-2-20-12(18)11(15)16-17-13(19)14(8-9-14)10-6-4-3-5-7-10;1-2-19-12(18)11-15-13(17-16-11)14(8-9-14)10-6-4-3-5-7-10;16-10(17)9-13-11(15-14-9)12(6-7-12)8-4-2-1-3-5-8;1-12-8-4-2-3-5-9(8)14-6-7(11)10(12)13;11-12-9(13)10(6-7-10)8-4-2-1-3-5-8;11-9(12)10(6-7-10)8-4-2-1-3-5-8;1-3-9-5(7)6(8)10-4-2;;;;;;;;;/h2-10,15H,11-13H2,1H3,(H,23,28)(H,24,25,26);3-7H,2,8-9H2,1H3,(H2,15,16)(H,17,19);3-7H,2,8-9H2,1H3,(H,15,16,17);1-5H,6-7H2,(H,16,17)(H,13,14,15);2-5,7H,6,11H2,1H3;1-5H,6-7,11H2,(H,12,13);1-5H,6-7H2,(H,11,12);7H,3-4H2,1-2H3;6*1H4;1H;;1H2/q;;;;;;;;;;;;;;;+1;/p-1/t15-;;;;7-;;;;;;;;;;;;/m0...0............/s1. The summed E-state index contributed by atoms with van der Waals surface area (Å²) in [5, 5.41) is 51.3. The second-order valence-corrected chi connectivity index (χ2v) is 32.6. The van der Waals surface area contributed by atoms with Crippen LogP contribution in [0.15, 0.2) is 236 Å². The first-order valence-electron chi connectivity index (χ1n) is 44.1. The number of amides is 5. The van der Waals surface area contributed by atoms with E-state index >= 15 is 0 Å². The summed E-state index contributed by atoms with van der Waals surface area (Å²) < 4.78 is 29.8. The third kappa shape index (κ3) is 29.7. The smallest absolute Gasteiger partial charge is 0.870 e. The van der Waals surface area contributed by atoms with Crippen LogP contribution < -0.4 is 71.6 Å². The number of esters is 3. The van der Waals surface area contributed by atoms with Crippen molar-refractivity contribution in [2.75, 3.05) is 63.5 Å². The van der Waals surface area contributed by atoms with Gasteiger partial charge in [0, 0.05) is 14.1 Å². The van der Waals surface area contributed by atoms with Crippen LogP contribution in [0.3, 0.4) is 0 Å². The number of carboxylic acid groups (broad SMARTS) is 2. The van der Waals surface area contributed by atoms with E-state index in [1.165, 1.54) is 15.4 Å². The number of hydrazone groups is 1. The summed E-state index contributed by atoms with van der Waals surface area (Å²) in [6.07, 6.45) is 10.8. The number of para-hydroxylation sites is 4. The van der Waals surface area contributed by atoms with E-state index in [-0.39, 0.29) is 176 Å². The minimum Gasteiger partial charge on any atom is -0.870 e. The van der Waals surface area contributed by atoms with Crippen molar-refractivity contribution in [3.8, 4) is 11.5 Å². The zero-order valence-corrected chi connectivity index (χ0v) is 78.2.